The second kappa shape index (κ2) is 13.1. The maximum atomic E-state index is 13.9. The number of aryl methyl sites for hydroxylation is 1. The van der Waals surface area contributed by atoms with Crippen molar-refractivity contribution < 1.29 is 28.6 Å². The van der Waals surface area contributed by atoms with Crippen LogP contribution in [0.2, 0.25) is 5.02 Å². The fourth-order valence-electron chi connectivity index (χ4n) is 6.27. The number of pyridine rings is 1. The lowest BCUT2D eigenvalue weighted by Crippen LogP contribution is -2.55. The number of carbonyl (C=O) groups is 3. The number of nitrogens with zero attached hydrogens (tertiary/aromatic N) is 4. The number of rotatable bonds is 6. The predicted octanol–water partition coefficient (Wildman–Crippen LogP) is 5.38. The van der Waals surface area contributed by atoms with Gasteiger partial charge in [0.2, 0.25) is 5.91 Å². The molecule has 2 fully saturated rings. The van der Waals surface area contributed by atoms with Gasteiger partial charge in [0.1, 0.15) is 44.9 Å². The minimum Gasteiger partial charge on any atom is -0.495 e. The quantitative estimate of drug-likeness (QED) is 0.275. The van der Waals surface area contributed by atoms with Gasteiger partial charge in [-0.1, -0.05) is 23.8 Å². The molecule has 1 N–H and O–H groups in total. The lowest BCUT2D eigenvalue weighted by atomic mass is 10.1. The normalized spacial score (nSPS) is 25.0. The van der Waals surface area contributed by atoms with Crippen molar-refractivity contribution in [3.05, 3.63) is 46.4 Å². The molecule has 0 unspecified atom stereocenters. The van der Waals surface area contributed by atoms with E-state index in [9.17, 15) is 14.4 Å². The van der Waals surface area contributed by atoms with Crippen LogP contribution in [0.1, 0.15) is 44.7 Å². The summed E-state index contributed by atoms with van der Waals surface area (Å²) in [5.74, 6) is 0.189. The summed E-state index contributed by atoms with van der Waals surface area (Å²) >= 11 is 8.19. The summed E-state index contributed by atoms with van der Waals surface area (Å²) in [7, 11) is 3.31. The number of halogens is 1. The number of methoxy groups -OCH3 is 1. The molecular formula is C33H38ClN5O6S. The zero-order valence-corrected chi connectivity index (χ0v) is 27.9. The van der Waals surface area contributed by atoms with E-state index in [0.717, 1.165) is 25.0 Å². The van der Waals surface area contributed by atoms with E-state index in [4.69, 9.17) is 30.8 Å². The van der Waals surface area contributed by atoms with Crippen LogP contribution in [0.3, 0.4) is 0 Å². The number of carbonyl (C=O) groups excluding carboxylic acids is 3. The maximum Gasteiger partial charge on any atom is 0.332 e. The number of aromatic nitrogens is 2. The Hall–Kier alpha value is -3.90. The molecule has 6 rings (SSSR count). The van der Waals surface area contributed by atoms with Crippen LogP contribution in [0.15, 0.2) is 35.7 Å². The summed E-state index contributed by atoms with van der Waals surface area (Å²) in [6, 6.07) is 4.14. The van der Waals surface area contributed by atoms with Crippen molar-refractivity contribution in [2.75, 3.05) is 33.9 Å². The molecule has 3 aliphatic rings. The van der Waals surface area contributed by atoms with E-state index < -0.39 is 29.7 Å². The molecule has 3 amide bonds. The average Bonchev–Trinajstić information content (AvgIpc) is 3.32. The molecule has 244 valence electrons. The van der Waals surface area contributed by atoms with Gasteiger partial charge in [-0.3, -0.25) is 4.79 Å². The molecule has 1 saturated carbocycles. The molecule has 3 aromatic rings. The highest BCUT2D eigenvalue weighted by atomic mass is 35.5. The molecule has 46 heavy (non-hydrogen) atoms. The average molecular weight is 668 g/mol. The van der Waals surface area contributed by atoms with Crippen LogP contribution in [0.25, 0.3) is 21.6 Å². The van der Waals surface area contributed by atoms with Gasteiger partial charge in [-0.2, -0.15) is 0 Å². The number of urea groups is 1. The first-order valence-electron chi connectivity index (χ1n) is 15.6. The number of likely N-dealkylation sites (N-methyl/N-ethyl adjacent to an activating group) is 1. The number of thiazole rings is 1. The van der Waals surface area contributed by atoms with E-state index in [-0.39, 0.29) is 31.4 Å². The Morgan fingerprint density at radius 1 is 1.22 bits per heavy atom. The SMILES string of the molecule is CCOC(=O)[C@@]12C[C@H]1C=CCCCCN(C)C(=O)[C@@H]1C[C@H](Oc3cc(-c4nc(C)cs4)nc4c(Cl)c(OC)ccc34)CN1C(=O)N2. The Morgan fingerprint density at radius 2 is 2.04 bits per heavy atom. The number of hydrogen-bond acceptors (Lipinski definition) is 9. The van der Waals surface area contributed by atoms with Gasteiger partial charge in [-0.05, 0) is 51.7 Å². The molecule has 0 bridgehead atoms. The first-order valence-corrected chi connectivity index (χ1v) is 16.8. The molecule has 1 saturated heterocycles. The zero-order valence-electron chi connectivity index (χ0n) is 26.4. The summed E-state index contributed by atoms with van der Waals surface area (Å²) in [5, 5.41) is 6.63. The van der Waals surface area contributed by atoms with Crippen molar-refractivity contribution >= 4 is 51.7 Å². The Labute approximate surface area is 276 Å². The Bertz CT molecular complexity index is 1700. The minimum atomic E-state index is -1.15. The van der Waals surface area contributed by atoms with Crippen molar-refractivity contribution in [2.45, 2.75) is 63.6 Å². The van der Waals surface area contributed by atoms with Gasteiger partial charge in [-0.15, -0.1) is 11.3 Å². The Morgan fingerprint density at radius 3 is 2.78 bits per heavy atom. The van der Waals surface area contributed by atoms with E-state index in [0.29, 0.717) is 51.1 Å². The van der Waals surface area contributed by atoms with Crippen LogP contribution >= 0.6 is 22.9 Å². The predicted molar refractivity (Wildman–Crippen MR) is 175 cm³/mol. The molecule has 1 aliphatic carbocycles. The van der Waals surface area contributed by atoms with Crippen LogP contribution in [-0.4, -0.2) is 89.2 Å². The third-order valence-electron chi connectivity index (χ3n) is 8.85. The van der Waals surface area contributed by atoms with Gasteiger partial charge in [0, 0.05) is 48.5 Å². The van der Waals surface area contributed by atoms with Crippen molar-refractivity contribution in [3.8, 4) is 22.2 Å². The van der Waals surface area contributed by atoms with E-state index in [1.807, 2.05) is 30.5 Å². The first-order chi connectivity index (χ1) is 22.1. The molecule has 4 atom stereocenters. The van der Waals surface area contributed by atoms with Crippen LogP contribution < -0.4 is 14.8 Å². The lowest BCUT2D eigenvalue weighted by molar-refractivity contribution is -0.147. The zero-order chi connectivity index (χ0) is 32.6. The number of amides is 3. The molecule has 0 radical (unpaired) electrons. The molecule has 11 nitrogen and oxygen atoms in total. The molecule has 1 aromatic carbocycles. The number of hydrogen-bond donors (Lipinski definition) is 1. The summed E-state index contributed by atoms with van der Waals surface area (Å²) in [6.07, 6.45) is 6.80. The first kappa shape index (κ1) is 32.1. The van der Waals surface area contributed by atoms with Crippen molar-refractivity contribution in [3.63, 3.8) is 0 Å². The Kier molecular flexibility index (Phi) is 9.11. The highest BCUT2D eigenvalue weighted by Gasteiger charge is 2.62. The number of nitrogens with one attached hydrogen (secondary N) is 1. The van der Waals surface area contributed by atoms with Crippen molar-refractivity contribution in [1.29, 1.82) is 0 Å². The van der Waals surface area contributed by atoms with Crippen molar-refractivity contribution in [1.82, 2.24) is 25.1 Å². The summed E-state index contributed by atoms with van der Waals surface area (Å²) < 4.78 is 17.5. The van der Waals surface area contributed by atoms with Crippen LogP contribution in [0, 0.1) is 12.8 Å². The summed E-state index contributed by atoms with van der Waals surface area (Å²) in [4.78, 5) is 53.4. The largest absolute Gasteiger partial charge is 0.495 e. The van der Waals surface area contributed by atoms with Crippen molar-refractivity contribution in [2.24, 2.45) is 5.92 Å². The monoisotopic (exact) mass is 667 g/mol. The van der Waals surface area contributed by atoms with Gasteiger partial charge in [0.05, 0.1) is 25.8 Å². The fourth-order valence-corrected chi connectivity index (χ4v) is 7.32. The number of esters is 1. The highest BCUT2D eigenvalue weighted by Crippen LogP contribution is 2.46. The van der Waals surface area contributed by atoms with E-state index >= 15 is 0 Å². The lowest BCUT2D eigenvalue weighted by Gasteiger charge is -2.29. The number of ether oxygens (including phenoxy) is 3. The smallest absolute Gasteiger partial charge is 0.332 e. The molecule has 13 heteroatoms. The summed E-state index contributed by atoms with van der Waals surface area (Å²) in [6.45, 7) is 4.57. The third kappa shape index (κ3) is 6.12. The molecule has 2 aromatic heterocycles. The third-order valence-corrected chi connectivity index (χ3v) is 10.2. The second-order valence-electron chi connectivity index (χ2n) is 12.0. The van der Waals surface area contributed by atoms with E-state index in [2.05, 4.69) is 16.4 Å². The second-order valence-corrected chi connectivity index (χ2v) is 13.3. The van der Waals surface area contributed by atoms with Gasteiger partial charge < -0.3 is 29.3 Å². The molecule has 4 heterocycles. The number of allylic oxidation sites excluding steroid dienone is 1. The van der Waals surface area contributed by atoms with Gasteiger partial charge in [-0.25, -0.2) is 19.6 Å². The van der Waals surface area contributed by atoms with Gasteiger partial charge in [0.25, 0.3) is 0 Å². The van der Waals surface area contributed by atoms with Crippen LogP contribution in [0.5, 0.6) is 11.5 Å². The molecule has 2 aliphatic heterocycles. The topological polar surface area (TPSA) is 123 Å². The van der Waals surface area contributed by atoms with Gasteiger partial charge in [0.15, 0.2) is 0 Å². The van der Waals surface area contributed by atoms with E-state index in [1.165, 1.54) is 16.2 Å². The fraction of sp³-hybridized carbons (Fsp3) is 0.485. The molecule has 0 spiro atoms. The number of benzene rings is 1. The molecular weight excluding hydrogens is 630 g/mol. The minimum absolute atomic E-state index is 0.134. The summed E-state index contributed by atoms with van der Waals surface area (Å²) in [5.41, 5.74) is 0.805. The van der Waals surface area contributed by atoms with E-state index in [1.54, 1.807) is 32.0 Å². The van der Waals surface area contributed by atoms with Crippen LogP contribution in [0.4, 0.5) is 4.79 Å². The highest BCUT2D eigenvalue weighted by molar-refractivity contribution is 7.13. The van der Waals surface area contributed by atoms with Gasteiger partial charge >= 0.3 is 12.0 Å². The standard InChI is InChI=1S/C33H38ClN5O6S/c1-5-44-31(41)33-16-20(33)10-8-6-7-9-13-38(3)30(40)24-14-21(17-39(24)32(42)37-33)45-26-15-23(29-35-19(2)18-46-29)36-28-22(26)11-12-25(43-4)27(28)34/h8,10-12,15,18,20-21,24H,5-7,9,13-14,16-17H2,1-4H3,(H,37,42)/t20-,21+,24+,33-/m1/s1. The maximum absolute atomic E-state index is 13.9. The van der Waals surface area contributed by atoms with Crippen LogP contribution in [-0.2, 0) is 14.3 Å². The number of fused-ring (bicyclic) bond motifs is 3. The Balaban J connectivity index is 1.34.